The third-order valence-corrected chi connectivity index (χ3v) is 5.37. The third kappa shape index (κ3) is 4.51. The Labute approximate surface area is 187 Å². The van der Waals surface area contributed by atoms with Gasteiger partial charge in [0.05, 0.1) is 14.2 Å². The number of rotatable bonds is 5. The third-order valence-electron chi connectivity index (χ3n) is 5.37. The molecule has 1 aliphatic rings. The van der Waals surface area contributed by atoms with Gasteiger partial charge in [0.2, 0.25) is 0 Å². The first kappa shape index (κ1) is 21.2. The van der Waals surface area contributed by atoms with E-state index in [1.807, 2.05) is 48.5 Å². The van der Waals surface area contributed by atoms with Crippen molar-refractivity contribution in [3.8, 4) is 11.5 Å². The summed E-state index contributed by atoms with van der Waals surface area (Å²) in [6, 6.07) is 19.6. The maximum Gasteiger partial charge on any atom is 0.323 e. The highest BCUT2D eigenvalue weighted by atomic mass is 16.5. The Morgan fingerprint density at radius 3 is 2.25 bits per heavy atom. The molecule has 3 aromatic rings. The van der Waals surface area contributed by atoms with E-state index in [9.17, 15) is 9.59 Å². The van der Waals surface area contributed by atoms with Gasteiger partial charge in [-0.25, -0.2) is 4.79 Å². The SMILES string of the molecule is COc1ccc(NC(=O)Nc2ccc3c(c2)N(C(=O)c2ccccc2)CCC3)cc1OC. The van der Waals surface area contributed by atoms with Crippen LogP contribution in [0.1, 0.15) is 22.3 Å². The number of nitrogens with one attached hydrogen (secondary N) is 2. The Morgan fingerprint density at radius 1 is 0.844 bits per heavy atom. The predicted octanol–water partition coefficient (Wildman–Crippen LogP) is 4.94. The number of hydrogen-bond acceptors (Lipinski definition) is 4. The molecule has 0 saturated carbocycles. The lowest BCUT2D eigenvalue weighted by Gasteiger charge is -2.30. The van der Waals surface area contributed by atoms with E-state index in [4.69, 9.17) is 9.47 Å². The summed E-state index contributed by atoms with van der Waals surface area (Å²) >= 11 is 0. The van der Waals surface area contributed by atoms with Crippen LogP contribution in [-0.2, 0) is 6.42 Å². The number of carbonyl (C=O) groups is 2. The van der Waals surface area contributed by atoms with Crippen LogP contribution in [0.5, 0.6) is 11.5 Å². The summed E-state index contributed by atoms with van der Waals surface area (Å²) in [7, 11) is 3.09. The van der Waals surface area contributed by atoms with Crippen molar-refractivity contribution < 1.29 is 19.1 Å². The molecule has 0 fully saturated rings. The summed E-state index contributed by atoms with van der Waals surface area (Å²) < 4.78 is 10.5. The van der Waals surface area contributed by atoms with Gasteiger partial charge in [-0.3, -0.25) is 4.79 Å². The summed E-state index contributed by atoms with van der Waals surface area (Å²) in [5.74, 6) is 1.06. The van der Waals surface area contributed by atoms with Gasteiger partial charge < -0.3 is 25.0 Å². The normalized spacial score (nSPS) is 12.5. The minimum atomic E-state index is -0.395. The number of benzene rings is 3. The smallest absolute Gasteiger partial charge is 0.323 e. The van der Waals surface area contributed by atoms with Crippen molar-refractivity contribution in [3.63, 3.8) is 0 Å². The lowest BCUT2D eigenvalue weighted by molar-refractivity contribution is 0.0985. The molecule has 7 heteroatoms. The van der Waals surface area contributed by atoms with Gasteiger partial charge in [0.1, 0.15) is 0 Å². The van der Waals surface area contributed by atoms with Gasteiger partial charge in [-0.1, -0.05) is 24.3 Å². The first-order chi connectivity index (χ1) is 15.6. The first-order valence-electron chi connectivity index (χ1n) is 10.4. The van der Waals surface area contributed by atoms with Crippen molar-refractivity contribution in [3.05, 3.63) is 77.9 Å². The van der Waals surface area contributed by atoms with Crippen LogP contribution in [0.3, 0.4) is 0 Å². The van der Waals surface area contributed by atoms with E-state index in [2.05, 4.69) is 10.6 Å². The van der Waals surface area contributed by atoms with Crippen molar-refractivity contribution in [1.29, 1.82) is 0 Å². The van der Waals surface area contributed by atoms with Crippen molar-refractivity contribution in [1.82, 2.24) is 0 Å². The van der Waals surface area contributed by atoms with Crippen LogP contribution in [0.25, 0.3) is 0 Å². The Balaban J connectivity index is 1.51. The van der Waals surface area contributed by atoms with Gasteiger partial charge in [0.15, 0.2) is 11.5 Å². The molecule has 164 valence electrons. The maximum atomic E-state index is 13.1. The fourth-order valence-electron chi connectivity index (χ4n) is 3.81. The molecule has 3 amide bonds. The second-order valence-electron chi connectivity index (χ2n) is 7.42. The lowest BCUT2D eigenvalue weighted by atomic mass is 10.00. The number of amides is 3. The zero-order valence-electron chi connectivity index (χ0n) is 18.1. The summed E-state index contributed by atoms with van der Waals surface area (Å²) in [6.07, 6.45) is 1.80. The molecule has 7 nitrogen and oxygen atoms in total. The van der Waals surface area contributed by atoms with Crippen LogP contribution in [0.4, 0.5) is 21.9 Å². The number of ether oxygens (including phenoxy) is 2. The highest BCUT2D eigenvalue weighted by Crippen LogP contribution is 2.32. The average molecular weight is 431 g/mol. The first-order valence-corrected chi connectivity index (χ1v) is 10.4. The van der Waals surface area contributed by atoms with Crippen LogP contribution >= 0.6 is 0 Å². The molecule has 1 aliphatic heterocycles. The molecule has 0 saturated heterocycles. The monoisotopic (exact) mass is 431 g/mol. The molecule has 4 rings (SSSR count). The molecule has 0 unspecified atom stereocenters. The van der Waals surface area contributed by atoms with E-state index in [1.54, 1.807) is 30.2 Å². The topological polar surface area (TPSA) is 79.9 Å². The molecule has 2 N–H and O–H groups in total. The molecule has 0 spiro atoms. The van der Waals surface area contributed by atoms with Crippen molar-refractivity contribution in [2.45, 2.75) is 12.8 Å². The largest absolute Gasteiger partial charge is 0.493 e. The fourth-order valence-corrected chi connectivity index (χ4v) is 3.81. The van der Waals surface area contributed by atoms with Gasteiger partial charge >= 0.3 is 6.03 Å². The van der Waals surface area contributed by atoms with E-state index in [1.165, 1.54) is 7.11 Å². The summed E-state index contributed by atoms with van der Waals surface area (Å²) in [6.45, 7) is 0.641. The van der Waals surface area contributed by atoms with Gasteiger partial charge in [-0.15, -0.1) is 0 Å². The van der Waals surface area contributed by atoms with Crippen molar-refractivity contribution >= 4 is 29.0 Å². The zero-order valence-corrected chi connectivity index (χ0v) is 18.1. The number of hydrogen-bond donors (Lipinski definition) is 2. The Hall–Kier alpha value is -4.00. The number of methoxy groups -OCH3 is 2. The number of urea groups is 1. The van der Waals surface area contributed by atoms with E-state index in [-0.39, 0.29) is 5.91 Å². The van der Waals surface area contributed by atoms with Crippen molar-refractivity contribution in [2.75, 3.05) is 36.3 Å². The summed E-state index contributed by atoms with van der Waals surface area (Å²) in [4.78, 5) is 27.4. The Morgan fingerprint density at radius 2 is 1.53 bits per heavy atom. The highest BCUT2D eigenvalue weighted by Gasteiger charge is 2.24. The van der Waals surface area contributed by atoms with Crippen LogP contribution in [0, 0.1) is 0 Å². The average Bonchev–Trinajstić information content (AvgIpc) is 2.83. The summed E-state index contributed by atoms with van der Waals surface area (Å²) in [5.41, 5.74) is 3.73. The number of fused-ring (bicyclic) bond motifs is 1. The van der Waals surface area contributed by atoms with Crippen LogP contribution in [0.2, 0.25) is 0 Å². The lowest BCUT2D eigenvalue weighted by Crippen LogP contribution is -2.35. The zero-order chi connectivity index (χ0) is 22.5. The van der Waals surface area contributed by atoms with E-state index >= 15 is 0 Å². The second-order valence-corrected chi connectivity index (χ2v) is 7.42. The van der Waals surface area contributed by atoms with Crippen molar-refractivity contribution in [2.24, 2.45) is 0 Å². The van der Waals surface area contributed by atoms with Gasteiger partial charge in [0.25, 0.3) is 5.91 Å². The molecule has 0 aliphatic carbocycles. The van der Waals surface area contributed by atoms with E-state index in [0.29, 0.717) is 35.0 Å². The molecule has 0 radical (unpaired) electrons. The molecule has 0 atom stereocenters. The highest BCUT2D eigenvalue weighted by molar-refractivity contribution is 6.07. The molecule has 32 heavy (non-hydrogen) atoms. The van der Waals surface area contributed by atoms with Crippen LogP contribution in [-0.4, -0.2) is 32.7 Å². The minimum Gasteiger partial charge on any atom is -0.493 e. The van der Waals surface area contributed by atoms with Crippen LogP contribution < -0.4 is 25.0 Å². The number of carbonyl (C=O) groups excluding carboxylic acids is 2. The van der Waals surface area contributed by atoms with Gasteiger partial charge in [-0.2, -0.15) is 0 Å². The number of anilines is 3. The minimum absolute atomic E-state index is 0.0431. The second kappa shape index (κ2) is 9.43. The molecule has 0 aromatic heterocycles. The molecular weight excluding hydrogens is 406 g/mol. The molecule has 0 bridgehead atoms. The number of aryl methyl sites for hydroxylation is 1. The van der Waals surface area contributed by atoms with Gasteiger partial charge in [0, 0.05) is 35.2 Å². The fraction of sp³-hybridized carbons (Fsp3) is 0.200. The number of nitrogens with zero attached hydrogens (tertiary/aromatic N) is 1. The maximum absolute atomic E-state index is 13.1. The van der Waals surface area contributed by atoms with E-state index in [0.717, 1.165) is 24.1 Å². The predicted molar refractivity (Wildman–Crippen MR) is 125 cm³/mol. The van der Waals surface area contributed by atoms with Gasteiger partial charge in [-0.05, 0) is 54.8 Å². The molecular formula is C25H25N3O4. The Kier molecular flexibility index (Phi) is 6.26. The molecule has 1 heterocycles. The standard InChI is InChI=1S/C25H25N3O4/c1-31-22-13-12-20(16-23(22)32-2)27-25(30)26-19-11-10-17-9-6-14-28(21(17)15-19)24(29)18-7-4-3-5-8-18/h3-5,7-8,10-13,15-16H,6,9,14H2,1-2H3,(H2,26,27,30). The van der Waals surface area contributed by atoms with Crippen LogP contribution in [0.15, 0.2) is 66.7 Å². The Bertz CT molecular complexity index is 1130. The van der Waals surface area contributed by atoms with E-state index < -0.39 is 6.03 Å². The summed E-state index contributed by atoms with van der Waals surface area (Å²) in [5, 5.41) is 5.64. The molecule has 3 aromatic carbocycles. The quantitative estimate of drug-likeness (QED) is 0.600.